The molecule has 1 aliphatic carbocycles. The molecule has 0 saturated carbocycles. The number of fused-ring (bicyclic) bond motifs is 1. The molecule has 10 heteroatoms. The topological polar surface area (TPSA) is 45.3 Å². The first kappa shape index (κ1) is 27.1. The van der Waals surface area contributed by atoms with Crippen LogP contribution < -0.4 is 0 Å². The van der Waals surface area contributed by atoms with Crippen LogP contribution in [0.3, 0.4) is 0 Å². The molecule has 2 atom stereocenters. The SMILES string of the molecule is C[C@H]1[C@@H](c2cc(C(F)(F)F)cc(C(F)(F)F)c2)OC(=O)N1CC1=C(c2cccc3[nH]ccc23)CCC(C)(C)C1. The van der Waals surface area contributed by atoms with Crippen LogP contribution in [0.2, 0.25) is 0 Å². The van der Waals surface area contributed by atoms with Gasteiger partial charge in [0.15, 0.2) is 0 Å². The van der Waals surface area contributed by atoms with Gasteiger partial charge >= 0.3 is 18.4 Å². The number of benzene rings is 2. The van der Waals surface area contributed by atoms with E-state index in [0.717, 1.165) is 40.5 Å². The van der Waals surface area contributed by atoms with E-state index in [4.69, 9.17) is 4.74 Å². The molecule has 208 valence electrons. The van der Waals surface area contributed by atoms with Crippen LogP contribution in [-0.4, -0.2) is 28.6 Å². The van der Waals surface area contributed by atoms with Crippen molar-refractivity contribution in [2.75, 3.05) is 6.54 Å². The van der Waals surface area contributed by atoms with Crippen molar-refractivity contribution >= 4 is 22.6 Å². The number of aromatic amines is 1. The molecule has 1 aliphatic heterocycles. The van der Waals surface area contributed by atoms with Crippen LogP contribution in [0.1, 0.15) is 68.4 Å². The number of hydrogen-bond acceptors (Lipinski definition) is 2. The number of nitrogens with one attached hydrogen (secondary N) is 1. The molecule has 2 heterocycles. The number of halogens is 6. The lowest BCUT2D eigenvalue weighted by Gasteiger charge is -2.35. The number of alkyl halides is 6. The minimum atomic E-state index is -4.99. The third kappa shape index (κ3) is 5.25. The Balaban J connectivity index is 1.52. The van der Waals surface area contributed by atoms with Crippen molar-refractivity contribution in [3.05, 3.63) is 76.5 Å². The number of cyclic esters (lactones) is 1. The highest BCUT2D eigenvalue weighted by atomic mass is 19.4. The van der Waals surface area contributed by atoms with E-state index in [1.165, 1.54) is 4.90 Å². The van der Waals surface area contributed by atoms with E-state index in [2.05, 4.69) is 18.8 Å². The summed E-state index contributed by atoms with van der Waals surface area (Å²) in [5.41, 5.74) is 0.869. The van der Waals surface area contributed by atoms with Crippen molar-refractivity contribution in [3.63, 3.8) is 0 Å². The molecule has 39 heavy (non-hydrogen) atoms. The molecule has 0 bridgehead atoms. The first-order valence-corrected chi connectivity index (χ1v) is 12.7. The van der Waals surface area contributed by atoms with Gasteiger partial charge in [0.05, 0.1) is 17.2 Å². The highest BCUT2D eigenvalue weighted by molar-refractivity contribution is 5.93. The number of rotatable bonds is 4. The molecule has 1 amide bonds. The van der Waals surface area contributed by atoms with Gasteiger partial charge in [-0.15, -0.1) is 0 Å². The van der Waals surface area contributed by atoms with Crippen LogP contribution in [0.15, 0.2) is 54.2 Å². The number of allylic oxidation sites excluding steroid dienone is 1. The Labute approximate surface area is 221 Å². The maximum atomic E-state index is 13.5. The average Bonchev–Trinajstić information content (AvgIpc) is 3.43. The fourth-order valence-corrected chi connectivity index (χ4v) is 5.75. The summed E-state index contributed by atoms with van der Waals surface area (Å²) < 4.78 is 86.1. The summed E-state index contributed by atoms with van der Waals surface area (Å²) in [5.74, 6) is 0. The number of ether oxygens (including phenoxy) is 1. The van der Waals surface area contributed by atoms with Crippen molar-refractivity contribution in [2.45, 2.75) is 64.5 Å². The molecule has 1 saturated heterocycles. The van der Waals surface area contributed by atoms with Crippen molar-refractivity contribution in [3.8, 4) is 0 Å². The molecule has 2 aromatic carbocycles. The van der Waals surface area contributed by atoms with Crippen molar-refractivity contribution in [1.82, 2.24) is 9.88 Å². The fraction of sp³-hybridized carbons (Fsp3) is 0.414. The lowest BCUT2D eigenvalue weighted by atomic mass is 9.72. The number of nitrogens with zero attached hydrogens (tertiary/aromatic N) is 1. The lowest BCUT2D eigenvalue weighted by Crippen LogP contribution is -2.35. The van der Waals surface area contributed by atoms with E-state index in [1.807, 2.05) is 30.5 Å². The third-order valence-electron chi connectivity index (χ3n) is 7.78. The highest BCUT2D eigenvalue weighted by Gasteiger charge is 2.44. The Morgan fingerprint density at radius 2 is 1.69 bits per heavy atom. The Bertz CT molecular complexity index is 1420. The van der Waals surface area contributed by atoms with Gasteiger partial charge in [0, 0.05) is 23.6 Å². The molecule has 0 spiro atoms. The lowest BCUT2D eigenvalue weighted by molar-refractivity contribution is -0.143. The molecule has 1 aromatic heterocycles. The van der Waals surface area contributed by atoms with E-state index in [9.17, 15) is 31.1 Å². The van der Waals surface area contributed by atoms with E-state index in [0.29, 0.717) is 18.6 Å². The largest absolute Gasteiger partial charge is 0.439 e. The first-order chi connectivity index (χ1) is 18.1. The zero-order chi connectivity index (χ0) is 28.3. The van der Waals surface area contributed by atoms with Gasteiger partial charge in [0.25, 0.3) is 0 Å². The predicted octanol–water partition coefficient (Wildman–Crippen LogP) is 8.75. The molecule has 0 unspecified atom stereocenters. The predicted molar refractivity (Wildman–Crippen MR) is 135 cm³/mol. The maximum Gasteiger partial charge on any atom is 0.416 e. The number of H-pyrrole nitrogens is 1. The number of hydrogen-bond donors (Lipinski definition) is 1. The number of carbonyl (C=O) groups excluding carboxylic acids is 1. The zero-order valence-corrected chi connectivity index (χ0v) is 21.6. The van der Waals surface area contributed by atoms with Crippen LogP contribution in [0.5, 0.6) is 0 Å². The standard InChI is InChI=1S/C29H28F6N2O2/c1-16-25(17-11-19(28(30,31)32)13-20(12-17)29(33,34)35)39-26(38)37(16)15-18-14-27(2,3)9-7-21(18)22-5-4-6-24-23(22)8-10-36-24/h4-6,8,10-13,16,25,36H,7,9,14-15H2,1-3H3/t16-,25-/m0/s1. The second-order valence-electron chi connectivity index (χ2n) is 11.2. The molecule has 2 aliphatic rings. The van der Waals surface area contributed by atoms with E-state index >= 15 is 0 Å². The summed E-state index contributed by atoms with van der Waals surface area (Å²) >= 11 is 0. The van der Waals surface area contributed by atoms with Gasteiger partial charge in [0.1, 0.15) is 6.10 Å². The summed E-state index contributed by atoms with van der Waals surface area (Å²) in [6.45, 7) is 6.03. The Hall–Kier alpha value is -3.43. The summed E-state index contributed by atoms with van der Waals surface area (Å²) in [7, 11) is 0. The van der Waals surface area contributed by atoms with Crippen molar-refractivity contribution in [2.24, 2.45) is 5.41 Å². The van der Waals surface area contributed by atoms with Gasteiger partial charge in [0.2, 0.25) is 0 Å². The van der Waals surface area contributed by atoms with E-state index < -0.39 is 41.7 Å². The first-order valence-electron chi connectivity index (χ1n) is 12.7. The van der Waals surface area contributed by atoms with Gasteiger partial charge in [-0.2, -0.15) is 26.3 Å². The van der Waals surface area contributed by atoms with Gasteiger partial charge in [-0.25, -0.2) is 4.79 Å². The van der Waals surface area contributed by atoms with E-state index in [-0.39, 0.29) is 23.6 Å². The minimum Gasteiger partial charge on any atom is -0.439 e. The number of aromatic nitrogens is 1. The molecule has 4 nitrogen and oxygen atoms in total. The smallest absolute Gasteiger partial charge is 0.416 e. The summed E-state index contributed by atoms with van der Waals surface area (Å²) in [6, 6.07) is 8.49. The second-order valence-corrected chi connectivity index (χ2v) is 11.2. The maximum absolute atomic E-state index is 13.5. The van der Waals surface area contributed by atoms with Crippen molar-refractivity contribution in [1.29, 1.82) is 0 Å². The van der Waals surface area contributed by atoms with Crippen LogP contribution in [0, 0.1) is 5.41 Å². The van der Waals surface area contributed by atoms with Crippen LogP contribution in [-0.2, 0) is 17.1 Å². The molecule has 3 aromatic rings. The molecule has 1 N–H and O–H groups in total. The quantitative estimate of drug-likeness (QED) is 0.330. The summed E-state index contributed by atoms with van der Waals surface area (Å²) in [4.78, 5) is 17.6. The van der Waals surface area contributed by atoms with Crippen molar-refractivity contribution < 1.29 is 35.9 Å². The van der Waals surface area contributed by atoms with Gasteiger partial charge in [-0.05, 0) is 84.2 Å². The molecular weight excluding hydrogens is 522 g/mol. The second kappa shape index (κ2) is 9.34. The fourth-order valence-electron chi connectivity index (χ4n) is 5.75. The molecule has 0 radical (unpaired) electrons. The Kier molecular flexibility index (Phi) is 6.50. The van der Waals surface area contributed by atoms with Crippen LogP contribution >= 0.6 is 0 Å². The normalized spacial score (nSPS) is 22.1. The monoisotopic (exact) mass is 550 g/mol. The minimum absolute atomic E-state index is 0.0419. The van der Waals surface area contributed by atoms with Gasteiger partial charge in [-0.3, -0.25) is 4.90 Å². The molecular formula is C29H28F6N2O2. The van der Waals surface area contributed by atoms with Gasteiger partial charge in [-0.1, -0.05) is 26.0 Å². The van der Waals surface area contributed by atoms with Crippen LogP contribution in [0.25, 0.3) is 16.5 Å². The molecule has 5 rings (SSSR count). The van der Waals surface area contributed by atoms with Crippen LogP contribution in [0.4, 0.5) is 31.1 Å². The Morgan fingerprint density at radius 1 is 1.03 bits per heavy atom. The zero-order valence-electron chi connectivity index (χ0n) is 21.6. The third-order valence-corrected chi connectivity index (χ3v) is 7.78. The molecule has 1 fully saturated rings. The Morgan fingerprint density at radius 3 is 2.33 bits per heavy atom. The summed E-state index contributed by atoms with van der Waals surface area (Å²) in [6.07, 6.45) is -7.79. The van der Waals surface area contributed by atoms with E-state index in [1.54, 1.807) is 6.92 Å². The number of carbonyl (C=O) groups is 1. The number of amides is 1. The highest BCUT2D eigenvalue weighted by Crippen LogP contribution is 2.46. The van der Waals surface area contributed by atoms with Gasteiger partial charge < -0.3 is 9.72 Å². The average molecular weight is 551 g/mol. The summed E-state index contributed by atoms with van der Waals surface area (Å²) in [5, 5.41) is 1.04.